The summed E-state index contributed by atoms with van der Waals surface area (Å²) in [5.41, 5.74) is 11.1. The molecule has 0 fully saturated rings. The number of amides is 2. The Morgan fingerprint density at radius 2 is 1.05 bits per heavy atom. The first-order valence-electron chi connectivity index (χ1n) is 40.2. The molecule has 11 heteroatoms. The highest BCUT2D eigenvalue weighted by Gasteiger charge is 2.48. The maximum atomic E-state index is 16.2. The number of ether oxygens (including phenoxy) is 2. The molecular weight excluding hydrogens is 1360 g/mol. The van der Waals surface area contributed by atoms with Gasteiger partial charge in [0.05, 0.1) is 27.8 Å². The number of imide groups is 1. The maximum Gasteiger partial charge on any atom is 0.335 e. The van der Waals surface area contributed by atoms with E-state index in [1.807, 2.05) is 54.6 Å². The van der Waals surface area contributed by atoms with Crippen molar-refractivity contribution in [3.8, 4) is 34.1 Å². The third-order valence-corrected chi connectivity index (χ3v) is 23.9. The first-order chi connectivity index (χ1) is 52.0. The van der Waals surface area contributed by atoms with Crippen LogP contribution in [-0.2, 0) is 37.3 Å². The number of carbonyl (C=O) groups is 4. The Balaban J connectivity index is 0.943. The van der Waals surface area contributed by atoms with E-state index in [9.17, 15) is 19.8 Å². The number of aromatic carboxylic acids is 1. The Morgan fingerprint density at radius 1 is 0.500 bits per heavy atom. The van der Waals surface area contributed by atoms with E-state index < -0.39 is 34.0 Å². The Morgan fingerprint density at radius 3 is 1.60 bits per heavy atom. The largest absolute Gasteiger partial charge is 0.871 e. The molecule has 0 radical (unpaired) electrons. The third kappa shape index (κ3) is 13.6. The van der Waals surface area contributed by atoms with E-state index in [1.54, 1.807) is 18.2 Å². The van der Waals surface area contributed by atoms with Crippen LogP contribution in [0.15, 0.2) is 180 Å². The van der Waals surface area contributed by atoms with E-state index in [-0.39, 0.29) is 44.5 Å². The molecule has 10 aromatic rings. The van der Waals surface area contributed by atoms with Crippen LogP contribution in [0.3, 0.4) is 0 Å². The smallest absolute Gasteiger partial charge is 0.335 e. The van der Waals surface area contributed by atoms with Crippen LogP contribution in [0.4, 0.5) is 17.1 Å². The fourth-order valence-electron chi connectivity index (χ4n) is 17.5. The van der Waals surface area contributed by atoms with Crippen molar-refractivity contribution in [2.24, 2.45) is 0 Å². The molecule has 0 saturated carbocycles. The van der Waals surface area contributed by atoms with Crippen molar-refractivity contribution in [2.45, 2.75) is 234 Å². The van der Waals surface area contributed by atoms with Crippen LogP contribution >= 0.6 is 0 Å². The lowest BCUT2D eigenvalue weighted by molar-refractivity contribution is -0.438. The van der Waals surface area contributed by atoms with Crippen LogP contribution in [0.5, 0.6) is 23.0 Å². The number of carboxylic acid groups (broad SMARTS) is 1. The van der Waals surface area contributed by atoms with Gasteiger partial charge in [0, 0.05) is 80.2 Å². The number of ketones is 1. The SMILES string of the molecule is CCCCCCCCN1/C(=C\C2=C([O-])C(=C/C3=[N+](CCCCCCCC)c4ccc(C(=O)O)cc4C3(C)C)/C2=O)C(C)(C)c2cc(-c3ccc4c5c(Oc6ccc(C(C)(C)C)cc6)cc6c7c(cc(Oc8ccc(C(C)(C)C)cc8)c(c8cccc3c84)c75)C(=O)N(c3cc(C(C)(C)C)ccc3C(C)(C)C)C6=O)ccc21. The molecule has 2 amide bonds. The molecule has 14 rings (SSSR count). The van der Waals surface area contributed by atoms with E-state index in [0.29, 0.717) is 63.7 Å². The quantitative estimate of drug-likeness (QED) is 0.0166. The van der Waals surface area contributed by atoms with Crippen LogP contribution in [-0.4, -0.2) is 52.1 Å². The zero-order chi connectivity index (χ0) is 78.6. The van der Waals surface area contributed by atoms with Gasteiger partial charge in [-0.05, 0) is 182 Å². The Hall–Kier alpha value is -10.1. The molecule has 1 N–H and O–H groups in total. The summed E-state index contributed by atoms with van der Waals surface area (Å²) < 4.78 is 16.8. The number of hydrogen-bond acceptors (Lipinski definition) is 8. The van der Waals surface area contributed by atoms with Crippen molar-refractivity contribution in [2.75, 3.05) is 22.9 Å². The summed E-state index contributed by atoms with van der Waals surface area (Å²) in [4.78, 5) is 63.5. The van der Waals surface area contributed by atoms with E-state index in [4.69, 9.17) is 9.47 Å². The van der Waals surface area contributed by atoms with Gasteiger partial charge in [-0.25, -0.2) is 9.69 Å². The molecule has 3 heterocycles. The van der Waals surface area contributed by atoms with Gasteiger partial charge in [0.15, 0.2) is 11.5 Å². The number of allylic oxidation sites excluding steroid dienone is 5. The van der Waals surface area contributed by atoms with Gasteiger partial charge in [-0.15, -0.1) is 0 Å². The minimum Gasteiger partial charge on any atom is -0.871 e. The van der Waals surface area contributed by atoms with E-state index in [1.165, 1.54) is 30.6 Å². The number of carbonyl (C=O) groups excluding carboxylic acids is 3. The molecule has 4 aliphatic rings. The number of unbranched alkanes of at least 4 members (excludes halogenated alkanes) is 10. The molecule has 110 heavy (non-hydrogen) atoms. The second kappa shape index (κ2) is 28.6. The Kier molecular flexibility index (Phi) is 19.9. The molecule has 1 aliphatic carbocycles. The van der Waals surface area contributed by atoms with Gasteiger partial charge in [-0.2, -0.15) is 4.58 Å². The first-order valence-corrected chi connectivity index (χ1v) is 40.2. The second-order valence-corrected chi connectivity index (χ2v) is 36.6. The van der Waals surface area contributed by atoms with Crippen molar-refractivity contribution in [3.05, 3.63) is 230 Å². The third-order valence-electron chi connectivity index (χ3n) is 23.9. The van der Waals surface area contributed by atoms with E-state index in [2.05, 4.69) is 219 Å². The van der Waals surface area contributed by atoms with Gasteiger partial charge >= 0.3 is 5.97 Å². The summed E-state index contributed by atoms with van der Waals surface area (Å²) in [7, 11) is 0. The van der Waals surface area contributed by atoms with Gasteiger partial charge in [0.1, 0.15) is 29.5 Å². The van der Waals surface area contributed by atoms with Crippen molar-refractivity contribution in [1.82, 2.24) is 0 Å². The molecular formula is C99H109N3O8. The summed E-state index contributed by atoms with van der Waals surface area (Å²) in [5, 5.41) is 31.5. The number of anilines is 2. The van der Waals surface area contributed by atoms with Gasteiger partial charge in [0.25, 0.3) is 11.8 Å². The number of nitrogens with zero attached hydrogens (tertiary/aromatic N) is 3. The lowest BCUT2D eigenvalue weighted by Gasteiger charge is -2.34. The standard InChI is InChI=1S/C99H109N3O8/c1-19-21-23-25-27-29-50-100-77-48-34-59(52-75(77)98(15,16)82(100)57-72-89(103)73(90(72)104)58-83-99(17,18)76-53-60(93(107)108)35-49-78(76)101(83)51-30-28-26-24-22-20-2)66-45-46-69-84-67(66)32-31-33-68(84)86-80(109-64-41-36-61(37-42-64)94(3,4)5)55-70-85-71(56-81(87(69)88(85)86)110-65-43-38-62(39-44-65)95(6,7)8)92(106)102(91(70)105)79-54-63(96(9,10)11)40-47-74(79)97(12,13)14/h31-49,52-58H,19-30,50-51H2,1-18H3,(H-,103,104,107,108). The number of rotatable bonds is 23. The average molecular weight is 1470 g/mol. The van der Waals surface area contributed by atoms with Crippen molar-refractivity contribution in [1.29, 1.82) is 0 Å². The monoisotopic (exact) mass is 1470 g/mol. The highest BCUT2D eigenvalue weighted by atomic mass is 16.5. The first kappa shape index (κ1) is 76.6. The van der Waals surface area contributed by atoms with Gasteiger partial charge < -0.3 is 24.6 Å². The van der Waals surface area contributed by atoms with Crippen LogP contribution < -0.4 is 24.4 Å². The highest BCUT2D eigenvalue weighted by Crippen LogP contribution is 2.56. The Labute approximate surface area is 650 Å². The summed E-state index contributed by atoms with van der Waals surface area (Å²) in [6.07, 6.45) is 16.9. The van der Waals surface area contributed by atoms with E-state index in [0.717, 1.165) is 151 Å². The summed E-state index contributed by atoms with van der Waals surface area (Å²) in [6, 6.07) is 49.2. The topological polar surface area (TPSA) is 140 Å². The summed E-state index contributed by atoms with van der Waals surface area (Å²) in [6.45, 7) is 40.3. The fraction of sp³-hybridized carbons (Fsp3) is 0.384. The van der Waals surface area contributed by atoms with Crippen LogP contribution in [0, 0.1) is 0 Å². The van der Waals surface area contributed by atoms with Crippen molar-refractivity contribution in [3.63, 3.8) is 0 Å². The minimum atomic E-state index is -1.00. The fourth-order valence-corrected chi connectivity index (χ4v) is 17.5. The molecule has 0 atom stereocenters. The maximum absolute atomic E-state index is 16.2. The zero-order valence-electron chi connectivity index (χ0n) is 68.1. The number of fused-ring (bicyclic) bond motifs is 4. The second-order valence-electron chi connectivity index (χ2n) is 36.6. The van der Waals surface area contributed by atoms with Crippen LogP contribution in [0.25, 0.3) is 54.2 Å². The molecule has 11 nitrogen and oxygen atoms in total. The molecule has 0 unspecified atom stereocenters. The Bertz CT molecular complexity index is 5400. The van der Waals surface area contributed by atoms with Crippen molar-refractivity contribution >= 4 is 89.4 Å². The molecule has 0 spiro atoms. The van der Waals surface area contributed by atoms with Crippen molar-refractivity contribution < 1.29 is 43.4 Å². The van der Waals surface area contributed by atoms with E-state index >= 15 is 9.59 Å². The number of hydrogen-bond donors (Lipinski definition) is 1. The molecule has 568 valence electrons. The average Bonchev–Trinajstić information content (AvgIpc) is 0.976. The summed E-state index contributed by atoms with van der Waals surface area (Å²) >= 11 is 0. The van der Waals surface area contributed by atoms with Crippen LogP contribution in [0.1, 0.15) is 266 Å². The number of Topliss-reactive ketones (excluding diaryl/α,β-unsaturated/α-hetero) is 1. The lowest BCUT2D eigenvalue weighted by atomic mass is 9.77. The molecule has 0 bridgehead atoms. The molecule has 3 aliphatic heterocycles. The summed E-state index contributed by atoms with van der Waals surface area (Å²) in [5.74, 6) is -0.361. The minimum absolute atomic E-state index is 0.126. The predicted molar refractivity (Wildman–Crippen MR) is 450 cm³/mol. The molecule has 0 saturated heterocycles. The molecule has 10 aromatic carbocycles. The highest BCUT2D eigenvalue weighted by molar-refractivity contribution is 6.44. The predicted octanol–water partition coefficient (Wildman–Crippen LogP) is 24.6. The lowest BCUT2D eigenvalue weighted by Crippen LogP contribution is -2.42. The number of benzene rings is 10. The van der Waals surface area contributed by atoms with Gasteiger partial charge in [0.2, 0.25) is 5.69 Å². The van der Waals surface area contributed by atoms with Crippen LogP contribution in [0.2, 0.25) is 0 Å². The molecule has 0 aromatic heterocycles. The zero-order valence-corrected chi connectivity index (χ0v) is 68.1. The number of carboxylic acids is 1. The normalized spacial score (nSPS) is 16.5. The van der Waals surface area contributed by atoms with Gasteiger partial charge in [-0.3, -0.25) is 14.4 Å². The van der Waals surface area contributed by atoms with Gasteiger partial charge in [-0.1, -0.05) is 247 Å².